The van der Waals surface area contributed by atoms with Crippen LogP contribution in [-0.4, -0.2) is 36.8 Å². The minimum Gasteiger partial charge on any atom is -0.768 e. The topological polar surface area (TPSA) is 111 Å². The molecule has 5 rings (SSSR count). The SMILES string of the molecule is COC(=O)c1cc(-c2ccnc3[nH]ccc23)[nH]c1-c1ccc(F)c(F)c1.O=S([O-])c1ccccc1.[HH]. The Bertz CT molecular complexity index is 1520. The number of esters is 1. The van der Waals surface area contributed by atoms with Crippen LogP contribution >= 0.6 is 0 Å². The molecule has 1 atom stereocenters. The summed E-state index contributed by atoms with van der Waals surface area (Å²) >= 11 is -2.08. The van der Waals surface area contributed by atoms with E-state index in [4.69, 9.17) is 4.74 Å². The highest BCUT2D eigenvalue weighted by molar-refractivity contribution is 7.79. The fourth-order valence-corrected chi connectivity index (χ4v) is 3.86. The molecule has 1 unspecified atom stereocenters. The zero-order chi connectivity index (χ0) is 24.9. The third-order valence-electron chi connectivity index (χ3n) is 5.12. The zero-order valence-corrected chi connectivity index (χ0v) is 19.1. The standard InChI is InChI=1S/C19H13F2N3O2.C6H6O2S.H2/c1-26-19(25)13-9-16(11-4-6-22-18-12(11)5-7-23-18)24-17(13)10-2-3-14(20)15(21)8-10;7-9(8)6-4-2-1-3-5-6;/h2-9,24H,1H3,(H,22,23);1-5H,(H,7,8);1H/p-1. The number of hydrogen-bond donors (Lipinski definition) is 2. The normalized spacial score (nSPS) is 11.5. The maximum absolute atomic E-state index is 13.7. The van der Waals surface area contributed by atoms with Crippen LogP contribution in [0.15, 0.2) is 84.0 Å². The molecule has 0 aliphatic rings. The highest BCUT2D eigenvalue weighted by Crippen LogP contribution is 2.33. The number of benzene rings is 2. The summed E-state index contributed by atoms with van der Waals surface area (Å²) in [4.78, 5) is 22.9. The summed E-state index contributed by atoms with van der Waals surface area (Å²) in [6.45, 7) is 0. The molecule has 5 aromatic rings. The Morgan fingerprint density at radius 1 is 1.06 bits per heavy atom. The summed E-state index contributed by atoms with van der Waals surface area (Å²) in [5.74, 6) is -2.53. The quantitative estimate of drug-likeness (QED) is 0.254. The molecule has 0 saturated heterocycles. The molecule has 0 spiro atoms. The first-order valence-corrected chi connectivity index (χ1v) is 11.3. The van der Waals surface area contributed by atoms with Crippen molar-refractivity contribution in [2.24, 2.45) is 0 Å². The number of hydrogen-bond acceptors (Lipinski definition) is 5. The number of carbonyl (C=O) groups excluding carboxylic acids is 1. The maximum atomic E-state index is 13.7. The summed E-state index contributed by atoms with van der Waals surface area (Å²) in [6.07, 6.45) is 3.41. The van der Waals surface area contributed by atoms with Crippen LogP contribution in [0, 0.1) is 11.6 Å². The molecule has 0 bridgehead atoms. The van der Waals surface area contributed by atoms with Gasteiger partial charge in [-0.2, -0.15) is 0 Å². The molecule has 2 N–H and O–H groups in total. The van der Waals surface area contributed by atoms with Crippen molar-refractivity contribution in [3.8, 4) is 22.5 Å². The summed E-state index contributed by atoms with van der Waals surface area (Å²) < 4.78 is 52.2. The minimum atomic E-state index is -2.08. The number of aromatic amines is 2. The number of halogens is 2. The van der Waals surface area contributed by atoms with Crippen molar-refractivity contribution >= 4 is 28.1 Å². The molecule has 0 saturated carbocycles. The molecular formula is C25H20F2N3O4S-. The molecule has 0 fully saturated rings. The van der Waals surface area contributed by atoms with Crippen LogP contribution in [0.4, 0.5) is 8.78 Å². The molecule has 3 aromatic heterocycles. The lowest BCUT2D eigenvalue weighted by Crippen LogP contribution is -2.01. The Morgan fingerprint density at radius 3 is 2.49 bits per heavy atom. The molecular weight excluding hydrogens is 476 g/mol. The molecule has 0 radical (unpaired) electrons. The second-order valence-corrected chi connectivity index (χ2v) is 8.18. The fraction of sp³-hybridized carbons (Fsp3) is 0.0400. The van der Waals surface area contributed by atoms with Crippen LogP contribution in [0.3, 0.4) is 0 Å². The Hall–Kier alpha value is -4.15. The van der Waals surface area contributed by atoms with Crippen molar-refractivity contribution in [2.75, 3.05) is 7.11 Å². The van der Waals surface area contributed by atoms with E-state index < -0.39 is 28.7 Å². The van der Waals surface area contributed by atoms with Crippen molar-refractivity contribution in [2.45, 2.75) is 4.90 Å². The molecule has 0 aliphatic carbocycles. The third kappa shape index (κ3) is 5.18. The number of rotatable bonds is 4. The van der Waals surface area contributed by atoms with Crippen molar-refractivity contribution in [1.82, 2.24) is 15.0 Å². The van der Waals surface area contributed by atoms with E-state index in [1.165, 1.54) is 13.2 Å². The van der Waals surface area contributed by atoms with E-state index in [0.29, 0.717) is 27.5 Å². The molecule has 0 amide bonds. The number of carbonyl (C=O) groups is 1. The number of ether oxygens (including phenoxy) is 1. The van der Waals surface area contributed by atoms with Crippen LogP contribution in [-0.2, 0) is 15.8 Å². The number of pyridine rings is 1. The molecule has 35 heavy (non-hydrogen) atoms. The summed E-state index contributed by atoms with van der Waals surface area (Å²) in [7, 11) is 1.26. The minimum absolute atomic E-state index is 0. The first-order valence-electron chi connectivity index (χ1n) is 10.2. The summed E-state index contributed by atoms with van der Waals surface area (Å²) in [6, 6.07) is 17.0. The van der Waals surface area contributed by atoms with Crippen LogP contribution < -0.4 is 0 Å². The lowest BCUT2D eigenvalue weighted by Gasteiger charge is -2.04. The van der Waals surface area contributed by atoms with Crippen molar-refractivity contribution in [3.05, 3.63) is 96.3 Å². The first kappa shape index (κ1) is 24.0. The predicted octanol–water partition coefficient (Wildman–Crippen LogP) is 5.46. The lowest BCUT2D eigenvalue weighted by molar-refractivity contribution is 0.0602. The van der Waals surface area contributed by atoms with Gasteiger partial charge in [-0.15, -0.1) is 0 Å². The van der Waals surface area contributed by atoms with Gasteiger partial charge in [0.25, 0.3) is 0 Å². The Kier molecular flexibility index (Phi) is 7.14. The van der Waals surface area contributed by atoms with Crippen molar-refractivity contribution in [3.63, 3.8) is 0 Å². The van der Waals surface area contributed by atoms with E-state index >= 15 is 0 Å². The van der Waals surface area contributed by atoms with Gasteiger partial charge in [0, 0.05) is 40.9 Å². The second-order valence-electron chi connectivity index (χ2n) is 7.24. The average molecular weight is 497 g/mol. The Balaban J connectivity index is 0.000000307. The van der Waals surface area contributed by atoms with Gasteiger partial charge in [-0.1, -0.05) is 18.2 Å². The zero-order valence-electron chi connectivity index (χ0n) is 18.2. The number of fused-ring (bicyclic) bond motifs is 1. The van der Waals surface area contributed by atoms with Gasteiger partial charge in [-0.3, -0.25) is 4.21 Å². The van der Waals surface area contributed by atoms with Crippen LogP contribution in [0.2, 0.25) is 0 Å². The molecule has 2 aromatic carbocycles. The number of aromatic nitrogens is 3. The fourth-order valence-electron chi connectivity index (χ4n) is 3.48. The van der Waals surface area contributed by atoms with E-state index in [9.17, 15) is 22.3 Å². The lowest BCUT2D eigenvalue weighted by atomic mass is 10.1. The van der Waals surface area contributed by atoms with Gasteiger partial charge in [0.15, 0.2) is 11.6 Å². The van der Waals surface area contributed by atoms with Crippen LogP contribution in [0.25, 0.3) is 33.5 Å². The van der Waals surface area contributed by atoms with Gasteiger partial charge in [-0.25, -0.2) is 18.6 Å². The Morgan fingerprint density at radius 2 is 1.83 bits per heavy atom. The average Bonchev–Trinajstić information content (AvgIpc) is 3.54. The Labute approximate surface area is 202 Å². The van der Waals surface area contributed by atoms with Crippen molar-refractivity contribution in [1.29, 1.82) is 0 Å². The molecule has 0 aliphatic heterocycles. The second kappa shape index (κ2) is 10.4. The van der Waals surface area contributed by atoms with E-state index in [1.807, 2.05) is 6.07 Å². The van der Waals surface area contributed by atoms with Crippen LogP contribution in [0.5, 0.6) is 0 Å². The van der Waals surface area contributed by atoms with Gasteiger partial charge in [0.1, 0.15) is 5.65 Å². The molecule has 180 valence electrons. The van der Waals surface area contributed by atoms with Gasteiger partial charge < -0.3 is 19.3 Å². The maximum Gasteiger partial charge on any atom is 0.340 e. The number of H-pyrrole nitrogens is 2. The number of nitrogens with zero attached hydrogens (tertiary/aromatic N) is 1. The highest BCUT2D eigenvalue weighted by Gasteiger charge is 2.20. The van der Waals surface area contributed by atoms with E-state index in [-0.39, 0.29) is 6.99 Å². The first-order chi connectivity index (χ1) is 16.9. The van der Waals surface area contributed by atoms with E-state index in [1.54, 1.807) is 54.9 Å². The number of nitrogens with one attached hydrogen (secondary N) is 2. The smallest absolute Gasteiger partial charge is 0.340 e. The number of methoxy groups -OCH3 is 1. The molecule has 3 heterocycles. The predicted molar refractivity (Wildman–Crippen MR) is 128 cm³/mol. The third-order valence-corrected chi connectivity index (χ3v) is 5.77. The van der Waals surface area contributed by atoms with Crippen molar-refractivity contribution < 1.29 is 28.5 Å². The van der Waals surface area contributed by atoms with E-state index in [0.717, 1.165) is 23.1 Å². The molecule has 10 heteroatoms. The van der Waals surface area contributed by atoms with Gasteiger partial charge in [0.05, 0.1) is 18.4 Å². The van der Waals surface area contributed by atoms with Gasteiger partial charge in [-0.05, 0) is 59.6 Å². The van der Waals surface area contributed by atoms with Gasteiger partial charge in [0.2, 0.25) is 0 Å². The largest absolute Gasteiger partial charge is 0.768 e. The van der Waals surface area contributed by atoms with Crippen LogP contribution in [0.1, 0.15) is 11.8 Å². The monoisotopic (exact) mass is 496 g/mol. The summed E-state index contributed by atoms with van der Waals surface area (Å²) in [5, 5.41) is 0.863. The highest BCUT2D eigenvalue weighted by atomic mass is 32.2. The molecule has 7 nitrogen and oxygen atoms in total. The van der Waals surface area contributed by atoms with E-state index in [2.05, 4.69) is 15.0 Å². The van der Waals surface area contributed by atoms with Gasteiger partial charge >= 0.3 is 5.97 Å². The summed E-state index contributed by atoms with van der Waals surface area (Å²) in [5.41, 5.74) is 3.08.